The van der Waals surface area contributed by atoms with Crippen LogP contribution in [-0.2, 0) is 11.2 Å². The number of benzene rings is 2. The molecule has 1 amide bonds. The number of likely N-dealkylation sites (tertiary alicyclic amines) is 1. The van der Waals surface area contributed by atoms with Crippen LogP contribution >= 0.6 is 0 Å². The number of nitrogens with zero attached hydrogens (tertiary/aromatic N) is 1. The molecule has 0 saturated carbocycles. The number of aliphatic hydroxyl groups is 1. The lowest BCUT2D eigenvalue weighted by Gasteiger charge is -2.20. The van der Waals surface area contributed by atoms with Crippen LogP contribution in [0.25, 0.3) is 10.8 Å². The Bertz CT molecular complexity index is 603. The molecule has 3 rings (SSSR count). The lowest BCUT2D eigenvalue weighted by molar-refractivity contribution is -0.133. The van der Waals surface area contributed by atoms with Crippen LogP contribution in [0.5, 0.6) is 0 Å². The molecule has 0 aliphatic carbocycles. The van der Waals surface area contributed by atoms with Crippen LogP contribution in [0, 0.1) is 0 Å². The Morgan fingerprint density at radius 3 is 2.74 bits per heavy atom. The molecular weight excluding hydrogens is 238 g/mol. The molecule has 2 aromatic carbocycles. The average molecular weight is 255 g/mol. The van der Waals surface area contributed by atoms with Gasteiger partial charge in [-0.05, 0) is 22.8 Å². The first kappa shape index (κ1) is 12.2. The van der Waals surface area contributed by atoms with Gasteiger partial charge in [-0.25, -0.2) is 0 Å². The summed E-state index contributed by atoms with van der Waals surface area (Å²) in [5, 5.41) is 12.2. The monoisotopic (exact) mass is 255 g/mol. The summed E-state index contributed by atoms with van der Waals surface area (Å²) in [5.74, 6) is 0.0627. The van der Waals surface area contributed by atoms with Crippen molar-refractivity contribution in [3.8, 4) is 0 Å². The van der Waals surface area contributed by atoms with Gasteiger partial charge in [-0.1, -0.05) is 42.5 Å². The maximum Gasteiger partial charge on any atom is 0.224 e. The summed E-state index contributed by atoms with van der Waals surface area (Å²) in [5.41, 5.74) is 1.23. The minimum Gasteiger partial charge on any atom is -0.374 e. The van der Waals surface area contributed by atoms with Gasteiger partial charge in [0, 0.05) is 19.4 Å². The second kappa shape index (κ2) is 5.02. The summed E-state index contributed by atoms with van der Waals surface area (Å²) in [4.78, 5) is 13.2. The van der Waals surface area contributed by atoms with Crippen molar-refractivity contribution < 1.29 is 9.90 Å². The molecule has 2 aromatic rings. The topological polar surface area (TPSA) is 40.5 Å². The number of fused-ring (bicyclic) bond motifs is 1. The van der Waals surface area contributed by atoms with Gasteiger partial charge in [-0.2, -0.15) is 0 Å². The fraction of sp³-hybridized carbons (Fsp3) is 0.312. The van der Waals surface area contributed by atoms with Crippen molar-refractivity contribution in [3.63, 3.8) is 0 Å². The third kappa shape index (κ3) is 2.34. The van der Waals surface area contributed by atoms with Gasteiger partial charge < -0.3 is 10.0 Å². The molecule has 0 radical (unpaired) electrons. The lowest BCUT2D eigenvalue weighted by atomic mass is 10.0. The largest absolute Gasteiger partial charge is 0.374 e. The van der Waals surface area contributed by atoms with E-state index in [2.05, 4.69) is 24.3 Å². The standard InChI is InChI=1S/C16H17NO2/c18-15-8-9-16(19)17(15)11-10-13-6-3-5-12-4-1-2-7-14(12)13/h1-7,15,18H,8-11H2/t15-/m0/s1. The van der Waals surface area contributed by atoms with Crippen molar-refractivity contribution in [1.29, 1.82) is 0 Å². The van der Waals surface area contributed by atoms with Gasteiger partial charge in [-0.3, -0.25) is 4.79 Å². The highest BCUT2D eigenvalue weighted by Crippen LogP contribution is 2.21. The molecule has 3 nitrogen and oxygen atoms in total. The Labute approximate surface area is 112 Å². The van der Waals surface area contributed by atoms with Gasteiger partial charge in [0.15, 0.2) is 0 Å². The molecule has 0 bridgehead atoms. The maximum absolute atomic E-state index is 11.6. The molecule has 0 aromatic heterocycles. The van der Waals surface area contributed by atoms with Gasteiger partial charge in [0.2, 0.25) is 5.91 Å². The molecule has 1 atom stereocenters. The quantitative estimate of drug-likeness (QED) is 0.914. The number of rotatable bonds is 3. The number of hydrogen-bond acceptors (Lipinski definition) is 2. The highest BCUT2D eigenvalue weighted by atomic mass is 16.3. The number of amides is 1. The van der Waals surface area contributed by atoms with Crippen molar-refractivity contribution in [1.82, 2.24) is 4.90 Å². The molecular formula is C16H17NO2. The predicted octanol–water partition coefficient (Wildman–Crippen LogP) is 2.32. The Balaban J connectivity index is 1.80. The number of hydrogen-bond donors (Lipinski definition) is 1. The molecule has 1 N–H and O–H groups in total. The molecule has 98 valence electrons. The Morgan fingerprint density at radius 1 is 1.16 bits per heavy atom. The molecule has 1 aliphatic heterocycles. The summed E-state index contributed by atoms with van der Waals surface area (Å²) in [6.45, 7) is 0.591. The second-order valence-electron chi connectivity index (χ2n) is 4.99. The van der Waals surface area contributed by atoms with E-state index in [-0.39, 0.29) is 5.91 Å². The van der Waals surface area contributed by atoms with E-state index in [9.17, 15) is 9.90 Å². The maximum atomic E-state index is 11.6. The highest BCUT2D eigenvalue weighted by molar-refractivity contribution is 5.85. The molecule has 1 fully saturated rings. The Kier molecular flexibility index (Phi) is 3.22. The van der Waals surface area contributed by atoms with E-state index in [1.807, 2.05) is 18.2 Å². The number of aliphatic hydroxyl groups excluding tert-OH is 1. The van der Waals surface area contributed by atoms with Gasteiger partial charge in [-0.15, -0.1) is 0 Å². The third-order valence-corrected chi connectivity index (χ3v) is 3.80. The van der Waals surface area contributed by atoms with E-state index in [1.54, 1.807) is 4.90 Å². The van der Waals surface area contributed by atoms with E-state index in [0.29, 0.717) is 19.4 Å². The van der Waals surface area contributed by atoms with E-state index in [4.69, 9.17) is 0 Å². The van der Waals surface area contributed by atoms with E-state index < -0.39 is 6.23 Å². The van der Waals surface area contributed by atoms with Crippen LogP contribution in [-0.4, -0.2) is 28.7 Å². The van der Waals surface area contributed by atoms with Crippen LogP contribution in [0.15, 0.2) is 42.5 Å². The minimum absolute atomic E-state index is 0.0627. The molecule has 1 aliphatic rings. The fourth-order valence-corrected chi connectivity index (χ4v) is 2.74. The third-order valence-electron chi connectivity index (χ3n) is 3.80. The van der Waals surface area contributed by atoms with Gasteiger partial charge >= 0.3 is 0 Å². The van der Waals surface area contributed by atoms with Gasteiger partial charge in [0.1, 0.15) is 6.23 Å². The van der Waals surface area contributed by atoms with Crippen molar-refractivity contribution in [2.24, 2.45) is 0 Å². The van der Waals surface area contributed by atoms with Crippen LogP contribution < -0.4 is 0 Å². The fourth-order valence-electron chi connectivity index (χ4n) is 2.74. The van der Waals surface area contributed by atoms with E-state index in [0.717, 1.165) is 6.42 Å². The van der Waals surface area contributed by atoms with E-state index >= 15 is 0 Å². The summed E-state index contributed by atoms with van der Waals surface area (Å²) >= 11 is 0. The van der Waals surface area contributed by atoms with Crippen molar-refractivity contribution in [2.45, 2.75) is 25.5 Å². The van der Waals surface area contributed by atoms with Crippen LogP contribution in [0.4, 0.5) is 0 Å². The lowest BCUT2D eigenvalue weighted by Crippen LogP contribution is -2.34. The zero-order valence-corrected chi connectivity index (χ0v) is 10.7. The van der Waals surface area contributed by atoms with Crippen LogP contribution in [0.3, 0.4) is 0 Å². The summed E-state index contributed by atoms with van der Waals surface area (Å²) in [7, 11) is 0. The molecule has 0 spiro atoms. The minimum atomic E-state index is -0.595. The molecule has 1 heterocycles. The van der Waals surface area contributed by atoms with Gasteiger partial charge in [0.25, 0.3) is 0 Å². The average Bonchev–Trinajstić information content (AvgIpc) is 2.76. The first-order valence-corrected chi connectivity index (χ1v) is 6.70. The summed E-state index contributed by atoms with van der Waals surface area (Å²) < 4.78 is 0. The highest BCUT2D eigenvalue weighted by Gasteiger charge is 2.28. The predicted molar refractivity (Wildman–Crippen MR) is 74.6 cm³/mol. The smallest absolute Gasteiger partial charge is 0.224 e. The zero-order chi connectivity index (χ0) is 13.2. The molecule has 19 heavy (non-hydrogen) atoms. The second-order valence-corrected chi connectivity index (χ2v) is 4.99. The normalized spacial score (nSPS) is 19.3. The summed E-state index contributed by atoms with van der Waals surface area (Å²) in [6.07, 6.45) is 1.22. The molecule has 0 unspecified atom stereocenters. The Hall–Kier alpha value is -1.87. The first-order valence-electron chi connectivity index (χ1n) is 6.70. The van der Waals surface area contributed by atoms with Crippen molar-refractivity contribution in [3.05, 3.63) is 48.0 Å². The van der Waals surface area contributed by atoms with Crippen molar-refractivity contribution >= 4 is 16.7 Å². The number of carbonyl (C=O) groups excluding carboxylic acids is 1. The molecule has 1 saturated heterocycles. The Morgan fingerprint density at radius 2 is 1.95 bits per heavy atom. The zero-order valence-electron chi connectivity index (χ0n) is 10.7. The first-order chi connectivity index (χ1) is 9.25. The SMILES string of the molecule is O=C1CC[C@H](O)N1CCc1cccc2ccccc12. The van der Waals surface area contributed by atoms with Crippen molar-refractivity contribution in [2.75, 3.05) is 6.54 Å². The van der Waals surface area contributed by atoms with Gasteiger partial charge in [0.05, 0.1) is 0 Å². The van der Waals surface area contributed by atoms with Crippen LogP contribution in [0.1, 0.15) is 18.4 Å². The molecule has 3 heteroatoms. The number of carbonyl (C=O) groups is 1. The van der Waals surface area contributed by atoms with Crippen LogP contribution in [0.2, 0.25) is 0 Å². The summed E-state index contributed by atoms with van der Waals surface area (Å²) in [6, 6.07) is 14.5. The van der Waals surface area contributed by atoms with E-state index in [1.165, 1.54) is 16.3 Å².